The van der Waals surface area contributed by atoms with E-state index in [0.29, 0.717) is 4.90 Å². The van der Waals surface area contributed by atoms with E-state index in [9.17, 15) is 20.2 Å². The Kier molecular flexibility index (Phi) is 3.03. The van der Waals surface area contributed by atoms with Crippen molar-refractivity contribution in [2.24, 2.45) is 0 Å². The summed E-state index contributed by atoms with van der Waals surface area (Å²) in [4.78, 5) is 19.9. The van der Waals surface area contributed by atoms with Gasteiger partial charge in [-0.3, -0.25) is 20.2 Å². The van der Waals surface area contributed by atoms with Gasteiger partial charge >= 0.3 is 11.4 Å². The van der Waals surface area contributed by atoms with Crippen molar-refractivity contribution in [3.05, 3.63) is 38.4 Å². The predicted octanol–water partition coefficient (Wildman–Crippen LogP) is 2.22. The lowest BCUT2D eigenvalue weighted by Crippen LogP contribution is -1.97. The van der Waals surface area contributed by atoms with Gasteiger partial charge in [-0.15, -0.1) is 11.8 Å². The molecule has 0 fully saturated rings. The number of rotatable bonds is 3. The number of benzene rings is 1. The van der Waals surface area contributed by atoms with Gasteiger partial charge in [0.1, 0.15) is 0 Å². The number of nitro benzene ring substituents is 2. The van der Waals surface area contributed by atoms with Gasteiger partial charge in [0.05, 0.1) is 14.7 Å². The second-order valence-electron chi connectivity index (χ2n) is 2.34. The molecule has 1 rings (SSSR count). The third kappa shape index (κ3) is 1.82. The van der Waals surface area contributed by atoms with Crippen molar-refractivity contribution < 1.29 is 9.85 Å². The lowest BCUT2D eigenvalue weighted by molar-refractivity contribution is -0.424. The highest BCUT2D eigenvalue weighted by atomic mass is 32.2. The van der Waals surface area contributed by atoms with Crippen molar-refractivity contribution in [1.29, 1.82) is 0 Å². The van der Waals surface area contributed by atoms with Gasteiger partial charge in [-0.05, 0) is 12.3 Å². The van der Waals surface area contributed by atoms with E-state index < -0.39 is 21.2 Å². The zero-order chi connectivity index (χ0) is 10.7. The van der Waals surface area contributed by atoms with Gasteiger partial charge in [-0.2, -0.15) is 0 Å². The van der Waals surface area contributed by atoms with Gasteiger partial charge in [0.25, 0.3) is 0 Å². The first-order valence-corrected chi connectivity index (χ1v) is 4.76. The summed E-state index contributed by atoms with van der Waals surface area (Å²) in [7, 11) is 0. The Morgan fingerprint density at radius 1 is 1.21 bits per heavy atom. The maximum Gasteiger partial charge on any atom is 0.359 e. The molecule has 0 aliphatic rings. The van der Waals surface area contributed by atoms with E-state index in [1.54, 1.807) is 6.26 Å². The summed E-state index contributed by atoms with van der Waals surface area (Å²) in [5, 5.41) is 21.1. The van der Waals surface area contributed by atoms with E-state index >= 15 is 0 Å². The van der Waals surface area contributed by atoms with Crippen LogP contribution in [0, 0.1) is 20.2 Å². The zero-order valence-electron chi connectivity index (χ0n) is 7.17. The van der Waals surface area contributed by atoms with Gasteiger partial charge in [0.2, 0.25) is 0 Å². The summed E-state index contributed by atoms with van der Waals surface area (Å²) in [5.41, 5.74) is -0.910. The SMILES string of the molecule is CSc1cccc([N+](=O)[O-])c1[N+](=O)[O-]. The summed E-state index contributed by atoms with van der Waals surface area (Å²) in [6, 6.07) is 4.03. The quantitative estimate of drug-likeness (QED) is 0.437. The molecule has 7 heteroatoms. The van der Waals surface area contributed by atoms with Crippen LogP contribution < -0.4 is 0 Å². The highest BCUT2D eigenvalue weighted by Gasteiger charge is 2.27. The molecule has 0 aliphatic heterocycles. The van der Waals surface area contributed by atoms with E-state index in [1.807, 2.05) is 0 Å². The summed E-state index contributed by atoms with van der Waals surface area (Å²) in [5.74, 6) is 0. The van der Waals surface area contributed by atoms with Gasteiger partial charge in [0, 0.05) is 6.07 Å². The van der Waals surface area contributed by atoms with Gasteiger partial charge in [0.15, 0.2) is 0 Å². The van der Waals surface area contributed by atoms with E-state index in [2.05, 4.69) is 0 Å². The van der Waals surface area contributed by atoms with Crippen molar-refractivity contribution in [2.75, 3.05) is 6.26 Å². The molecular weight excluding hydrogens is 208 g/mol. The van der Waals surface area contributed by atoms with Crippen molar-refractivity contribution >= 4 is 23.1 Å². The Morgan fingerprint density at radius 3 is 2.29 bits per heavy atom. The topological polar surface area (TPSA) is 86.3 Å². The fraction of sp³-hybridized carbons (Fsp3) is 0.143. The number of hydrogen-bond donors (Lipinski definition) is 0. The molecule has 0 aliphatic carbocycles. The molecule has 1 aromatic rings. The molecule has 74 valence electrons. The lowest BCUT2D eigenvalue weighted by atomic mass is 10.3. The second-order valence-corrected chi connectivity index (χ2v) is 3.19. The van der Waals surface area contributed by atoms with Crippen LogP contribution in [0.1, 0.15) is 0 Å². The summed E-state index contributed by atoms with van der Waals surface area (Å²) < 4.78 is 0. The van der Waals surface area contributed by atoms with E-state index in [4.69, 9.17) is 0 Å². The smallest absolute Gasteiger partial charge is 0.258 e. The maximum absolute atomic E-state index is 10.6. The second kappa shape index (κ2) is 4.05. The van der Waals surface area contributed by atoms with Crippen molar-refractivity contribution in [1.82, 2.24) is 0 Å². The maximum atomic E-state index is 10.6. The van der Waals surface area contributed by atoms with Crippen LogP contribution in [-0.4, -0.2) is 16.1 Å². The Balaban J connectivity index is 3.43. The van der Waals surface area contributed by atoms with E-state index in [1.165, 1.54) is 12.1 Å². The van der Waals surface area contributed by atoms with Crippen LogP contribution in [0.15, 0.2) is 23.1 Å². The largest absolute Gasteiger partial charge is 0.359 e. The number of hydrogen-bond acceptors (Lipinski definition) is 5. The lowest BCUT2D eigenvalue weighted by Gasteiger charge is -1.98. The first kappa shape index (κ1) is 10.5. The molecule has 0 radical (unpaired) electrons. The molecule has 0 saturated heterocycles. The van der Waals surface area contributed by atoms with Crippen molar-refractivity contribution in [3.63, 3.8) is 0 Å². The van der Waals surface area contributed by atoms with Crippen molar-refractivity contribution in [3.8, 4) is 0 Å². The highest BCUT2D eigenvalue weighted by molar-refractivity contribution is 7.98. The number of para-hydroxylation sites is 1. The molecule has 0 saturated carbocycles. The van der Waals surface area contributed by atoms with Gasteiger partial charge in [-0.1, -0.05) is 6.07 Å². The molecule has 0 atom stereocenters. The van der Waals surface area contributed by atoms with Crippen LogP contribution in [0.2, 0.25) is 0 Å². The minimum Gasteiger partial charge on any atom is -0.258 e. The Morgan fingerprint density at radius 2 is 1.86 bits per heavy atom. The van der Waals surface area contributed by atoms with Crippen LogP contribution in [-0.2, 0) is 0 Å². The minimum absolute atomic E-state index is 0.296. The average Bonchev–Trinajstić information content (AvgIpc) is 2.16. The monoisotopic (exact) mass is 214 g/mol. The molecular formula is C7H6N2O4S. The van der Waals surface area contributed by atoms with Crippen LogP contribution in [0.3, 0.4) is 0 Å². The predicted molar refractivity (Wildman–Crippen MR) is 51.5 cm³/mol. The first-order chi connectivity index (χ1) is 6.57. The van der Waals surface area contributed by atoms with Crippen LogP contribution in [0.5, 0.6) is 0 Å². The highest BCUT2D eigenvalue weighted by Crippen LogP contribution is 2.35. The number of thioether (sulfide) groups is 1. The molecule has 0 N–H and O–H groups in total. The normalized spacial score (nSPS) is 9.79. The third-order valence-corrected chi connectivity index (χ3v) is 2.35. The Hall–Kier alpha value is -1.63. The third-order valence-electron chi connectivity index (χ3n) is 1.58. The van der Waals surface area contributed by atoms with Crippen LogP contribution in [0.25, 0.3) is 0 Å². The van der Waals surface area contributed by atoms with Crippen LogP contribution in [0.4, 0.5) is 11.4 Å². The first-order valence-electron chi connectivity index (χ1n) is 3.53. The summed E-state index contributed by atoms with van der Waals surface area (Å²) >= 11 is 1.11. The summed E-state index contributed by atoms with van der Waals surface area (Å²) in [6.07, 6.45) is 1.63. The molecule has 0 unspecified atom stereocenters. The standard InChI is InChI=1S/C7H6N2O4S/c1-14-6-4-2-3-5(8(10)11)7(6)9(12)13/h2-4H,1H3. The minimum atomic E-state index is -0.752. The van der Waals surface area contributed by atoms with Crippen molar-refractivity contribution in [2.45, 2.75) is 4.90 Å². The number of nitro groups is 2. The molecule has 14 heavy (non-hydrogen) atoms. The van der Waals surface area contributed by atoms with E-state index in [0.717, 1.165) is 17.8 Å². The molecule has 0 amide bonds. The molecule has 0 heterocycles. The fourth-order valence-electron chi connectivity index (χ4n) is 1.01. The molecule has 6 nitrogen and oxygen atoms in total. The van der Waals surface area contributed by atoms with E-state index in [-0.39, 0.29) is 0 Å². The molecule has 0 aromatic heterocycles. The van der Waals surface area contributed by atoms with Gasteiger partial charge in [-0.25, -0.2) is 0 Å². The summed E-state index contributed by atoms with van der Waals surface area (Å²) in [6.45, 7) is 0. The fourth-order valence-corrected chi connectivity index (χ4v) is 1.59. The average molecular weight is 214 g/mol. The molecule has 1 aromatic carbocycles. The Labute approximate surface area is 83.2 Å². The molecule has 0 spiro atoms. The van der Waals surface area contributed by atoms with Gasteiger partial charge < -0.3 is 0 Å². The Bertz CT molecular complexity index is 393. The van der Waals surface area contributed by atoms with Crippen LogP contribution >= 0.6 is 11.8 Å². The molecule has 0 bridgehead atoms. The zero-order valence-corrected chi connectivity index (χ0v) is 7.98. The number of nitrogens with zero attached hydrogens (tertiary/aromatic N) is 2.